The molecule has 3 aromatic rings. The van der Waals surface area contributed by atoms with Gasteiger partial charge in [-0.25, -0.2) is 9.97 Å². The fourth-order valence-corrected chi connectivity index (χ4v) is 2.68. The molecule has 2 aromatic carbocycles. The first-order chi connectivity index (χ1) is 12.5. The maximum atomic E-state index is 12.5. The highest BCUT2D eigenvalue weighted by molar-refractivity contribution is 6.31. The number of halogens is 1. The molecule has 0 saturated heterocycles. The number of carbonyl (C=O) groups excluding carboxylic acids is 1. The number of carbonyl (C=O) groups is 1. The Bertz CT molecular complexity index is 915. The summed E-state index contributed by atoms with van der Waals surface area (Å²) in [5, 5.41) is 6.71. The van der Waals surface area contributed by atoms with Crippen molar-refractivity contribution in [2.24, 2.45) is 0 Å². The van der Waals surface area contributed by atoms with E-state index in [0.717, 1.165) is 16.8 Å². The number of rotatable bonds is 5. The molecule has 1 unspecified atom stereocenters. The second kappa shape index (κ2) is 7.97. The lowest BCUT2D eigenvalue weighted by molar-refractivity contribution is 0.0935. The Labute approximate surface area is 157 Å². The third kappa shape index (κ3) is 4.18. The lowest BCUT2D eigenvalue weighted by Crippen LogP contribution is -2.27. The third-order valence-corrected chi connectivity index (χ3v) is 4.46. The first-order valence-corrected chi connectivity index (χ1v) is 8.63. The smallest absolute Gasteiger partial charge is 0.270 e. The molecule has 2 N–H and O–H groups in total. The molecule has 0 saturated carbocycles. The van der Waals surface area contributed by atoms with Gasteiger partial charge in [-0.15, -0.1) is 0 Å². The Kier molecular flexibility index (Phi) is 5.49. The van der Waals surface area contributed by atoms with Crippen LogP contribution in [-0.2, 0) is 0 Å². The van der Waals surface area contributed by atoms with Gasteiger partial charge in [0, 0.05) is 16.9 Å². The van der Waals surface area contributed by atoms with Crippen molar-refractivity contribution in [1.82, 2.24) is 15.3 Å². The van der Waals surface area contributed by atoms with E-state index < -0.39 is 0 Å². The maximum Gasteiger partial charge on any atom is 0.270 e. The average Bonchev–Trinajstić information content (AvgIpc) is 2.66. The van der Waals surface area contributed by atoms with Crippen LogP contribution in [-0.4, -0.2) is 15.9 Å². The Hall–Kier alpha value is -2.92. The summed E-state index contributed by atoms with van der Waals surface area (Å²) in [6, 6.07) is 16.8. The van der Waals surface area contributed by atoms with Crippen LogP contribution >= 0.6 is 11.6 Å². The van der Waals surface area contributed by atoms with Gasteiger partial charge in [0.05, 0.1) is 6.04 Å². The first kappa shape index (κ1) is 17.9. The predicted octanol–water partition coefficient (Wildman–Crippen LogP) is 4.67. The molecule has 1 heterocycles. The standard InChI is InChI=1S/C20H19ClN4O/c1-13-16(21)9-6-10-17(13)24-20-22-12-11-18(25-20)19(26)23-14(2)15-7-4-3-5-8-15/h3-12,14H,1-2H3,(H,23,26)(H,22,24,25). The highest BCUT2D eigenvalue weighted by Crippen LogP contribution is 2.24. The molecule has 0 spiro atoms. The number of nitrogens with zero attached hydrogens (tertiary/aromatic N) is 2. The molecule has 0 aliphatic rings. The minimum Gasteiger partial charge on any atom is -0.344 e. The molecule has 0 bridgehead atoms. The van der Waals surface area contributed by atoms with Gasteiger partial charge >= 0.3 is 0 Å². The number of hydrogen-bond acceptors (Lipinski definition) is 4. The highest BCUT2D eigenvalue weighted by Gasteiger charge is 2.13. The van der Waals surface area contributed by atoms with Gasteiger partial charge in [0.2, 0.25) is 5.95 Å². The lowest BCUT2D eigenvalue weighted by Gasteiger charge is -2.14. The zero-order valence-corrected chi connectivity index (χ0v) is 15.3. The SMILES string of the molecule is Cc1c(Cl)cccc1Nc1nccc(C(=O)NC(C)c2ccccc2)n1. The van der Waals surface area contributed by atoms with E-state index in [1.165, 1.54) is 0 Å². The van der Waals surface area contributed by atoms with E-state index in [9.17, 15) is 4.79 Å². The summed E-state index contributed by atoms with van der Waals surface area (Å²) in [5.41, 5.74) is 3.02. The van der Waals surface area contributed by atoms with Crippen LogP contribution in [0.2, 0.25) is 5.02 Å². The minimum absolute atomic E-state index is 0.120. The summed E-state index contributed by atoms with van der Waals surface area (Å²) in [6.07, 6.45) is 1.55. The molecule has 3 rings (SSSR count). The van der Waals surface area contributed by atoms with Crippen molar-refractivity contribution in [3.63, 3.8) is 0 Å². The van der Waals surface area contributed by atoms with E-state index >= 15 is 0 Å². The monoisotopic (exact) mass is 366 g/mol. The summed E-state index contributed by atoms with van der Waals surface area (Å²) in [7, 11) is 0. The number of amides is 1. The van der Waals surface area contributed by atoms with E-state index in [4.69, 9.17) is 11.6 Å². The topological polar surface area (TPSA) is 66.9 Å². The molecule has 1 aromatic heterocycles. The summed E-state index contributed by atoms with van der Waals surface area (Å²) in [6.45, 7) is 3.84. The summed E-state index contributed by atoms with van der Waals surface area (Å²) < 4.78 is 0. The van der Waals surface area contributed by atoms with Crippen LogP contribution < -0.4 is 10.6 Å². The van der Waals surface area contributed by atoms with Crippen molar-refractivity contribution < 1.29 is 4.79 Å². The third-order valence-electron chi connectivity index (χ3n) is 4.05. The van der Waals surface area contributed by atoms with Gasteiger partial charge < -0.3 is 10.6 Å². The molecule has 0 aliphatic heterocycles. The van der Waals surface area contributed by atoms with E-state index in [1.54, 1.807) is 12.3 Å². The summed E-state index contributed by atoms with van der Waals surface area (Å²) in [4.78, 5) is 21.0. The van der Waals surface area contributed by atoms with Crippen molar-refractivity contribution >= 4 is 29.1 Å². The number of anilines is 2. The summed E-state index contributed by atoms with van der Waals surface area (Å²) in [5.74, 6) is 0.0880. The van der Waals surface area contributed by atoms with Gasteiger partial charge in [-0.1, -0.05) is 48.0 Å². The van der Waals surface area contributed by atoms with Gasteiger partial charge in [0.1, 0.15) is 5.69 Å². The van der Waals surface area contributed by atoms with E-state index in [-0.39, 0.29) is 11.9 Å². The second-order valence-corrected chi connectivity index (χ2v) is 6.32. The molecule has 132 valence electrons. The van der Waals surface area contributed by atoms with Crippen molar-refractivity contribution in [3.8, 4) is 0 Å². The Balaban J connectivity index is 1.74. The zero-order valence-electron chi connectivity index (χ0n) is 14.5. The van der Waals surface area contributed by atoms with Crippen LogP contribution in [0, 0.1) is 6.92 Å². The molecule has 1 atom stereocenters. The van der Waals surface area contributed by atoms with E-state index in [0.29, 0.717) is 16.7 Å². The first-order valence-electron chi connectivity index (χ1n) is 8.25. The van der Waals surface area contributed by atoms with Crippen LogP contribution in [0.5, 0.6) is 0 Å². The van der Waals surface area contributed by atoms with Crippen LogP contribution in [0.25, 0.3) is 0 Å². The van der Waals surface area contributed by atoms with Crippen LogP contribution in [0.4, 0.5) is 11.6 Å². The molecule has 0 fully saturated rings. The lowest BCUT2D eigenvalue weighted by atomic mass is 10.1. The Morgan fingerprint density at radius 3 is 2.62 bits per heavy atom. The number of hydrogen-bond donors (Lipinski definition) is 2. The van der Waals surface area contributed by atoms with Crippen LogP contribution in [0.1, 0.15) is 34.6 Å². The van der Waals surface area contributed by atoms with Gasteiger partial charge in [0.15, 0.2) is 0 Å². The van der Waals surface area contributed by atoms with E-state index in [1.807, 2.05) is 62.4 Å². The number of benzene rings is 2. The zero-order chi connectivity index (χ0) is 18.5. The fourth-order valence-electron chi connectivity index (χ4n) is 2.50. The highest BCUT2D eigenvalue weighted by atomic mass is 35.5. The molecule has 1 amide bonds. The summed E-state index contributed by atoms with van der Waals surface area (Å²) >= 11 is 6.13. The van der Waals surface area contributed by atoms with Gasteiger partial charge in [0.25, 0.3) is 5.91 Å². The van der Waals surface area contributed by atoms with Crippen molar-refractivity contribution in [2.75, 3.05) is 5.32 Å². The molecule has 0 aliphatic carbocycles. The number of nitrogens with one attached hydrogen (secondary N) is 2. The number of aromatic nitrogens is 2. The van der Waals surface area contributed by atoms with Crippen molar-refractivity contribution in [3.05, 3.63) is 82.6 Å². The normalized spacial score (nSPS) is 11.7. The minimum atomic E-state index is -0.255. The van der Waals surface area contributed by atoms with E-state index in [2.05, 4.69) is 20.6 Å². The molecular weight excluding hydrogens is 348 g/mol. The fraction of sp³-hybridized carbons (Fsp3) is 0.150. The van der Waals surface area contributed by atoms with Crippen LogP contribution in [0.15, 0.2) is 60.8 Å². The van der Waals surface area contributed by atoms with Gasteiger partial charge in [-0.05, 0) is 43.2 Å². The van der Waals surface area contributed by atoms with Gasteiger partial charge in [-0.3, -0.25) is 4.79 Å². The quantitative estimate of drug-likeness (QED) is 0.688. The predicted molar refractivity (Wildman–Crippen MR) is 104 cm³/mol. The van der Waals surface area contributed by atoms with Crippen molar-refractivity contribution in [2.45, 2.75) is 19.9 Å². The maximum absolute atomic E-state index is 12.5. The molecular formula is C20H19ClN4O. The Morgan fingerprint density at radius 1 is 1.08 bits per heavy atom. The molecule has 6 heteroatoms. The second-order valence-electron chi connectivity index (χ2n) is 5.91. The molecule has 5 nitrogen and oxygen atoms in total. The largest absolute Gasteiger partial charge is 0.344 e. The molecule has 26 heavy (non-hydrogen) atoms. The van der Waals surface area contributed by atoms with Crippen molar-refractivity contribution in [1.29, 1.82) is 0 Å². The average molecular weight is 367 g/mol. The molecule has 0 radical (unpaired) electrons. The van der Waals surface area contributed by atoms with Gasteiger partial charge in [-0.2, -0.15) is 0 Å². The Morgan fingerprint density at radius 2 is 1.85 bits per heavy atom. The van der Waals surface area contributed by atoms with Crippen LogP contribution in [0.3, 0.4) is 0 Å².